The number of likely N-dealkylation sites (tertiary alicyclic amines) is 1. The summed E-state index contributed by atoms with van der Waals surface area (Å²) in [6.45, 7) is 3.08. The largest absolute Gasteiger partial charge is 0.355 e. The second-order valence-corrected chi connectivity index (χ2v) is 8.25. The van der Waals surface area contributed by atoms with Crippen LogP contribution in [0.15, 0.2) is 47.1 Å². The first-order chi connectivity index (χ1) is 15.7. The number of halogens is 1. The molecular weight excluding hydrogens is 411 g/mol. The summed E-state index contributed by atoms with van der Waals surface area (Å²) >= 11 is 0. The SMILES string of the molecule is O=C(Nc1cccnc1N1CCCC1)N1CCCC(c2nc(-c3ccc(F)cc3)no2)C1. The van der Waals surface area contributed by atoms with Crippen molar-refractivity contribution in [2.24, 2.45) is 0 Å². The molecule has 5 rings (SSSR count). The number of nitrogens with zero attached hydrogens (tertiary/aromatic N) is 5. The van der Waals surface area contributed by atoms with Crippen molar-refractivity contribution in [2.75, 3.05) is 36.4 Å². The molecular formula is C23H25FN6O2. The molecule has 2 aliphatic heterocycles. The smallest absolute Gasteiger partial charge is 0.321 e. The number of amides is 2. The Morgan fingerprint density at radius 2 is 1.91 bits per heavy atom. The minimum absolute atomic E-state index is 0.0388. The van der Waals surface area contributed by atoms with Crippen LogP contribution in [0.3, 0.4) is 0 Å². The molecule has 0 saturated carbocycles. The summed E-state index contributed by atoms with van der Waals surface area (Å²) in [6, 6.07) is 9.56. The van der Waals surface area contributed by atoms with Crippen molar-refractivity contribution in [2.45, 2.75) is 31.6 Å². The van der Waals surface area contributed by atoms with E-state index in [0.717, 1.165) is 50.3 Å². The van der Waals surface area contributed by atoms with E-state index in [4.69, 9.17) is 4.52 Å². The van der Waals surface area contributed by atoms with Crippen LogP contribution in [0.1, 0.15) is 37.5 Å². The van der Waals surface area contributed by atoms with E-state index in [2.05, 4.69) is 25.3 Å². The lowest BCUT2D eigenvalue weighted by Gasteiger charge is -2.31. The van der Waals surface area contributed by atoms with Gasteiger partial charge in [-0.1, -0.05) is 5.16 Å². The van der Waals surface area contributed by atoms with E-state index in [-0.39, 0.29) is 17.8 Å². The highest BCUT2D eigenvalue weighted by Crippen LogP contribution is 2.30. The maximum atomic E-state index is 13.2. The Labute approximate surface area is 185 Å². The maximum absolute atomic E-state index is 13.2. The average Bonchev–Trinajstić information content (AvgIpc) is 3.53. The summed E-state index contributed by atoms with van der Waals surface area (Å²) in [7, 11) is 0. The molecule has 1 unspecified atom stereocenters. The fourth-order valence-corrected chi connectivity index (χ4v) is 4.35. The van der Waals surface area contributed by atoms with Gasteiger partial charge in [0.25, 0.3) is 0 Å². The van der Waals surface area contributed by atoms with E-state index < -0.39 is 0 Å². The number of urea groups is 1. The molecule has 2 aromatic heterocycles. The van der Waals surface area contributed by atoms with Crippen LogP contribution in [0.2, 0.25) is 0 Å². The van der Waals surface area contributed by atoms with Crippen molar-refractivity contribution < 1.29 is 13.7 Å². The van der Waals surface area contributed by atoms with Crippen molar-refractivity contribution in [3.05, 3.63) is 54.3 Å². The predicted molar refractivity (Wildman–Crippen MR) is 118 cm³/mol. The van der Waals surface area contributed by atoms with Crippen LogP contribution in [0.25, 0.3) is 11.4 Å². The van der Waals surface area contributed by atoms with E-state index in [0.29, 0.717) is 30.4 Å². The van der Waals surface area contributed by atoms with Gasteiger partial charge in [0.15, 0.2) is 5.82 Å². The van der Waals surface area contributed by atoms with Crippen molar-refractivity contribution >= 4 is 17.5 Å². The summed E-state index contributed by atoms with van der Waals surface area (Å²) in [6.07, 6.45) is 5.75. The third kappa shape index (κ3) is 4.28. The van der Waals surface area contributed by atoms with E-state index >= 15 is 0 Å². The number of carbonyl (C=O) groups is 1. The van der Waals surface area contributed by atoms with E-state index in [1.165, 1.54) is 12.1 Å². The molecule has 3 aromatic rings. The molecule has 2 amide bonds. The van der Waals surface area contributed by atoms with Crippen LogP contribution in [-0.4, -0.2) is 52.2 Å². The summed E-state index contributed by atoms with van der Waals surface area (Å²) < 4.78 is 18.7. The van der Waals surface area contributed by atoms with Crippen LogP contribution >= 0.6 is 0 Å². The topological polar surface area (TPSA) is 87.4 Å². The number of piperidine rings is 1. The van der Waals surface area contributed by atoms with Gasteiger partial charge in [-0.15, -0.1) is 0 Å². The van der Waals surface area contributed by atoms with Crippen LogP contribution in [-0.2, 0) is 0 Å². The highest BCUT2D eigenvalue weighted by Gasteiger charge is 2.29. The van der Waals surface area contributed by atoms with Crippen LogP contribution in [0.5, 0.6) is 0 Å². The van der Waals surface area contributed by atoms with Crippen molar-refractivity contribution in [1.29, 1.82) is 0 Å². The Kier molecular flexibility index (Phi) is 5.70. The van der Waals surface area contributed by atoms with Gasteiger partial charge in [0.05, 0.1) is 11.6 Å². The zero-order chi connectivity index (χ0) is 21.9. The first-order valence-electron chi connectivity index (χ1n) is 11.0. The number of aromatic nitrogens is 3. The van der Waals surface area contributed by atoms with Gasteiger partial charge in [-0.25, -0.2) is 14.2 Å². The number of hydrogen-bond donors (Lipinski definition) is 1. The molecule has 4 heterocycles. The average molecular weight is 436 g/mol. The number of rotatable bonds is 4. The molecule has 0 bridgehead atoms. The Morgan fingerprint density at radius 3 is 2.72 bits per heavy atom. The van der Waals surface area contributed by atoms with E-state index in [1.807, 2.05) is 12.1 Å². The zero-order valence-corrected chi connectivity index (χ0v) is 17.7. The molecule has 8 nitrogen and oxygen atoms in total. The second-order valence-electron chi connectivity index (χ2n) is 8.25. The van der Waals surface area contributed by atoms with Gasteiger partial charge in [-0.2, -0.15) is 4.98 Å². The normalized spacial score (nSPS) is 18.7. The fourth-order valence-electron chi connectivity index (χ4n) is 4.35. The first kappa shape index (κ1) is 20.4. The number of nitrogens with one attached hydrogen (secondary N) is 1. The van der Waals surface area contributed by atoms with Crippen molar-refractivity contribution in [3.8, 4) is 11.4 Å². The molecule has 0 radical (unpaired) electrons. The standard InChI is InChI=1S/C23H25FN6O2/c24-18-9-7-16(8-10-18)20-27-22(32-28-20)17-5-4-14-30(15-17)23(31)26-19-6-3-11-25-21(19)29-12-1-2-13-29/h3,6-11,17H,1-2,4-5,12-15H2,(H,26,31). The zero-order valence-electron chi connectivity index (χ0n) is 17.7. The van der Waals surface area contributed by atoms with Crippen molar-refractivity contribution in [3.63, 3.8) is 0 Å². The van der Waals surface area contributed by atoms with Gasteiger partial charge in [-0.05, 0) is 62.1 Å². The quantitative estimate of drug-likeness (QED) is 0.657. The summed E-state index contributed by atoms with van der Waals surface area (Å²) in [5, 5.41) is 7.09. The van der Waals surface area contributed by atoms with Crippen molar-refractivity contribution in [1.82, 2.24) is 20.0 Å². The fraction of sp³-hybridized carbons (Fsp3) is 0.391. The number of benzene rings is 1. The number of pyridine rings is 1. The Hall–Kier alpha value is -3.49. The molecule has 166 valence electrons. The summed E-state index contributed by atoms with van der Waals surface area (Å²) in [4.78, 5) is 26.0. The molecule has 32 heavy (non-hydrogen) atoms. The highest BCUT2D eigenvalue weighted by molar-refractivity contribution is 5.92. The van der Waals surface area contributed by atoms with Crippen LogP contribution < -0.4 is 10.2 Å². The number of carbonyl (C=O) groups excluding carboxylic acids is 1. The maximum Gasteiger partial charge on any atom is 0.321 e. The number of hydrogen-bond acceptors (Lipinski definition) is 6. The molecule has 0 aliphatic carbocycles. The van der Waals surface area contributed by atoms with Gasteiger partial charge in [0.1, 0.15) is 5.82 Å². The molecule has 0 spiro atoms. The van der Waals surface area contributed by atoms with Gasteiger partial charge in [0.2, 0.25) is 11.7 Å². The summed E-state index contributed by atoms with van der Waals surface area (Å²) in [5.41, 5.74) is 1.43. The van der Waals surface area contributed by atoms with Crippen LogP contribution in [0, 0.1) is 5.82 Å². The molecule has 2 fully saturated rings. The lowest BCUT2D eigenvalue weighted by Crippen LogP contribution is -2.42. The lowest BCUT2D eigenvalue weighted by atomic mass is 9.98. The second kappa shape index (κ2) is 8.94. The predicted octanol–water partition coefficient (Wildman–Crippen LogP) is 4.28. The number of anilines is 2. The molecule has 2 aliphatic rings. The Bertz CT molecular complexity index is 1080. The molecule has 2 saturated heterocycles. The molecule has 1 N–H and O–H groups in total. The van der Waals surface area contributed by atoms with Gasteiger partial charge in [0, 0.05) is 37.9 Å². The van der Waals surface area contributed by atoms with Crippen LogP contribution in [0.4, 0.5) is 20.7 Å². The molecule has 1 atom stereocenters. The first-order valence-corrected chi connectivity index (χ1v) is 11.0. The molecule has 9 heteroatoms. The molecule has 1 aromatic carbocycles. The third-order valence-electron chi connectivity index (χ3n) is 6.04. The lowest BCUT2D eigenvalue weighted by molar-refractivity contribution is 0.184. The monoisotopic (exact) mass is 436 g/mol. The van der Waals surface area contributed by atoms with Gasteiger partial charge in [-0.3, -0.25) is 0 Å². The minimum Gasteiger partial charge on any atom is -0.355 e. The van der Waals surface area contributed by atoms with E-state index in [1.54, 1.807) is 23.2 Å². The Morgan fingerprint density at radius 1 is 1.09 bits per heavy atom. The van der Waals surface area contributed by atoms with Gasteiger partial charge < -0.3 is 19.6 Å². The van der Waals surface area contributed by atoms with Gasteiger partial charge >= 0.3 is 6.03 Å². The van der Waals surface area contributed by atoms with E-state index in [9.17, 15) is 9.18 Å². The Balaban J connectivity index is 1.27. The highest BCUT2D eigenvalue weighted by atomic mass is 19.1. The summed E-state index contributed by atoms with van der Waals surface area (Å²) in [5.74, 6) is 1.40. The third-order valence-corrected chi connectivity index (χ3v) is 6.04. The minimum atomic E-state index is -0.312.